The van der Waals surface area contributed by atoms with Gasteiger partial charge in [-0.1, -0.05) is 11.6 Å². The number of nitrogen functional groups attached to an aromatic ring is 1. The number of amides is 1. The molecule has 13 heteroatoms. The van der Waals surface area contributed by atoms with E-state index in [4.69, 9.17) is 17.3 Å². The second kappa shape index (κ2) is 8.48. The van der Waals surface area contributed by atoms with Crippen molar-refractivity contribution in [1.82, 2.24) is 20.0 Å². The minimum atomic E-state index is -4.60. The van der Waals surface area contributed by atoms with E-state index < -0.39 is 29.2 Å². The number of nitrogens with two attached hydrogens (primary N) is 1. The molecule has 36 heavy (non-hydrogen) atoms. The van der Waals surface area contributed by atoms with Crippen LogP contribution in [0.3, 0.4) is 0 Å². The molecular formula is C23H23ClF4N6O2. The van der Waals surface area contributed by atoms with E-state index >= 15 is 0 Å². The van der Waals surface area contributed by atoms with Crippen molar-refractivity contribution >= 4 is 29.0 Å². The van der Waals surface area contributed by atoms with Crippen LogP contribution in [0, 0.1) is 17.7 Å². The van der Waals surface area contributed by atoms with Crippen molar-refractivity contribution in [1.29, 1.82) is 0 Å². The summed E-state index contributed by atoms with van der Waals surface area (Å²) in [7, 11) is 1.62. The van der Waals surface area contributed by atoms with Crippen molar-refractivity contribution in [3.63, 3.8) is 0 Å². The molecule has 5 N–H and O–H groups in total. The first-order valence-corrected chi connectivity index (χ1v) is 11.7. The van der Waals surface area contributed by atoms with E-state index in [0.29, 0.717) is 24.2 Å². The molecule has 2 aliphatic carbocycles. The number of nitrogens with one attached hydrogen (secondary N) is 2. The van der Waals surface area contributed by atoms with Crippen LogP contribution < -0.4 is 11.1 Å². The third-order valence-electron chi connectivity index (χ3n) is 7.32. The van der Waals surface area contributed by atoms with Crippen LogP contribution in [0.1, 0.15) is 59.0 Å². The van der Waals surface area contributed by atoms with Crippen LogP contribution in [0.2, 0.25) is 5.02 Å². The molecule has 2 aliphatic rings. The van der Waals surface area contributed by atoms with E-state index in [9.17, 15) is 27.5 Å². The number of aliphatic hydroxyl groups is 1. The molecule has 0 bridgehead atoms. The Morgan fingerprint density at radius 3 is 2.53 bits per heavy atom. The number of carbonyl (C=O) groups is 1. The number of aromatic nitrogens is 4. The molecule has 0 saturated heterocycles. The van der Waals surface area contributed by atoms with Gasteiger partial charge in [-0.05, 0) is 61.8 Å². The lowest BCUT2D eigenvalue weighted by Crippen LogP contribution is -2.24. The molecule has 0 aliphatic heterocycles. The molecule has 2 heterocycles. The molecule has 2 atom stereocenters. The Morgan fingerprint density at radius 1 is 1.28 bits per heavy atom. The van der Waals surface area contributed by atoms with Crippen LogP contribution in [-0.4, -0.2) is 31.0 Å². The average molecular weight is 527 g/mol. The minimum Gasteiger partial charge on any atom is -0.384 e. The molecule has 2 fully saturated rings. The molecule has 2 unspecified atom stereocenters. The van der Waals surface area contributed by atoms with E-state index in [1.807, 2.05) is 0 Å². The van der Waals surface area contributed by atoms with E-state index in [1.165, 1.54) is 16.8 Å². The van der Waals surface area contributed by atoms with E-state index in [1.54, 1.807) is 7.05 Å². The van der Waals surface area contributed by atoms with E-state index in [2.05, 4.69) is 20.6 Å². The highest BCUT2D eigenvalue weighted by molar-refractivity contribution is 6.31. The number of rotatable bonds is 4. The summed E-state index contributed by atoms with van der Waals surface area (Å²) in [6.07, 6.45) is -2.88. The number of aryl methyl sites for hydroxylation is 1. The summed E-state index contributed by atoms with van der Waals surface area (Å²) >= 11 is 5.81. The maximum Gasteiger partial charge on any atom is 0.435 e. The van der Waals surface area contributed by atoms with Gasteiger partial charge in [-0.15, -0.1) is 0 Å². The molecule has 0 radical (unpaired) electrons. The number of hydrogen-bond acceptors (Lipinski definition) is 5. The number of halogens is 5. The van der Waals surface area contributed by atoms with Crippen molar-refractivity contribution in [2.75, 3.05) is 11.1 Å². The molecule has 0 spiro atoms. The predicted octanol–water partition coefficient (Wildman–Crippen LogP) is 4.58. The van der Waals surface area contributed by atoms with E-state index in [-0.39, 0.29) is 52.7 Å². The zero-order chi connectivity index (χ0) is 26.0. The van der Waals surface area contributed by atoms with Gasteiger partial charge in [0.1, 0.15) is 22.8 Å². The fourth-order valence-corrected chi connectivity index (χ4v) is 5.84. The number of anilines is 2. The van der Waals surface area contributed by atoms with Gasteiger partial charge >= 0.3 is 6.18 Å². The number of fused-ring (bicyclic) bond motifs is 1. The fourth-order valence-electron chi connectivity index (χ4n) is 5.66. The molecule has 2 saturated carbocycles. The monoisotopic (exact) mass is 526 g/mol. The highest BCUT2D eigenvalue weighted by Crippen LogP contribution is 2.57. The number of carbonyl (C=O) groups excluding carboxylic acids is 1. The molecule has 1 aromatic carbocycles. The zero-order valence-corrected chi connectivity index (χ0v) is 19.8. The molecule has 5 rings (SSSR count). The molecular weight excluding hydrogens is 504 g/mol. The van der Waals surface area contributed by atoms with Gasteiger partial charge in [0.15, 0.2) is 5.69 Å². The third kappa shape index (κ3) is 4.21. The van der Waals surface area contributed by atoms with Crippen LogP contribution in [0.4, 0.5) is 29.1 Å². The number of hydrogen-bond donors (Lipinski definition) is 4. The quantitative estimate of drug-likeness (QED) is 0.371. The summed E-state index contributed by atoms with van der Waals surface area (Å²) in [5.74, 6) is -1.04. The Labute approximate surface area is 207 Å². The third-order valence-corrected chi connectivity index (χ3v) is 7.61. The molecule has 2 aromatic heterocycles. The Bertz CT molecular complexity index is 1320. The topological polar surface area (TPSA) is 122 Å². The maximum absolute atomic E-state index is 13.5. The Balaban J connectivity index is 1.34. The number of H-pyrrole nitrogens is 1. The highest BCUT2D eigenvalue weighted by atomic mass is 35.5. The second-order valence-corrected chi connectivity index (χ2v) is 10.1. The minimum absolute atomic E-state index is 0.0210. The van der Waals surface area contributed by atoms with Gasteiger partial charge in [0.05, 0.1) is 16.4 Å². The standard InChI is InChI=1S/C23H23ClF4N6O2/c1-34-20(29)18(21(35)30-13-2-3-15(25)14(24)6-13)19(33-34)10-4-11-8-22(36,9-12(11)5-10)16-7-17(32-31-16)23(26,27)28/h2-3,6-7,10-12,36H,4-5,8-9,29H2,1H3,(H,30,35)(H,31,32). The molecule has 8 nitrogen and oxygen atoms in total. The van der Waals surface area contributed by atoms with Gasteiger partial charge in [-0.2, -0.15) is 23.4 Å². The van der Waals surface area contributed by atoms with Crippen molar-refractivity contribution < 1.29 is 27.5 Å². The van der Waals surface area contributed by atoms with Gasteiger partial charge in [0.2, 0.25) is 0 Å². The van der Waals surface area contributed by atoms with Gasteiger partial charge in [0, 0.05) is 18.7 Å². The first kappa shape index (κ1) is 24.6. The first-order valence-electron chi connectivity index (χ1n) is 11.3. The largest absolute Gasteiger partial charge is 0.435 e. The van der Waals surface area contributed by atoms with Gasteiger partial charge in [-0.25, -0.2) is 4.39 Å². The summed E-state index contributed by atoms with van der Waals surface area (Å²) < 4.78 is 53.8. The average Bonchev–Trinajstić information content (AvgIpc) is 3.53. The van der Waals surface area contributed by atoms with E-state index in [0.717, 1.165) is 12.1 Å². The lowest BCUT2D eigenvalue weighted by molar-refractivity contribution is -0.141. The van der Waals surface area contributed by atoms with Crippen molar-refractivity contribution in [3.05, 3.63) is 57.8 Å². The maximum atomic E-state index is 13.5. The smallest absolute Gasteiger partial charge is 0.384 e. The lowest BCUT2D eigenvalue weighted by Gasteiger charge is -2.23. The lowest BCUT2D eigenvalue weighted by atomic mass is 9.89. The van der Waals surface area contributed by atoms with Crippen molar-refractivity contribution in [2.24, 2.45) is 18.9 Å². The summed E-state index contributed by atoms with van der Waals surface area (Å²) in [6.45, 7) is 0. The van der Waals surface area contributed by atoms with Crippen LogP contribution >= 0.6 is 11.6 Å². The number of aromatic amines is 1. The number of nitrogens with zero attached hydrogens (tertiary/aromatic N) is 3. The molecule has 3 aromatic rings. The first-order chi connectivity index (χ1) is 16.9. The van der Waals surface area contributed by atoms with Crippen LogP contribution in [-0.2, 0) is 18.8 Å². The summed E-state index contributed by atoms with van der Waals surface area (Å²) in [5.41, 5.74) is 4.74. The predicted molar refractivity (Wildman–Crippen MR) is 123 cm³/mol. The van der Waals surface area contributed by atoms with Crippen LogP contribution in [0.25, 0.3) is 0 Å². The normalized spacial score (nSPS) is 25.8. The SMILES string of the molecule is Cn1nc(C2CC3CC(O)(c4cc(C(F)(F)F)n[nH]4)CC3C2)c(C(=O)Nc2ccc(F)c(Cl)c2)c1N. The zero-order valence-electron chi connectivity index (χ0n) is 19.0. The fraction of sp³-hybridized carbons (Fsp3) is 0.435. The summed E-state index contributed by atoms with van der Waals surface area (Å²) in [4.78, 5) is 13.1. The van der Waals surface area contributed by atoms with Gasteiger partial charge in [-0.3, -0.25) is 14.6 Å². The summed E-state index contributed by atoms with van der Waals surface area (Å²) in [5, 5.41) is 23.8. The highest BCUT2D eigenvalue weighted by Gasteiger charge is 2.52. The number of alkyl halides is 3. The second-order valence-electron chi connectivity index (χ2n) is 9.65. The van der Waals surface area contributed by atoms with Crippen LogP contribution in [0.5, 0.6) is 0 Å². The van der Waals surface area contributed by atoms with Crippen molar-refractivity contribution in [3.8, 4) is 0 Å². The Hall–Kier alpha value is -3.12. The Kier molecular flexibility index (Phi) is 5.79. The Morgan fingerprint density at radius 2 is 1.94 bits per heavy atom. The molecule has 192 valence electrons. The van der Waals surface area contributed by atoms with Crippen molar-refractivity contribution in [2.45, 2.75) is 43.4 Å². The number of benzene rings is 1. The summed E-state index contributed by atoms with van der Waals surface area (Å²) in [6, 6.07) is 4.68. The van der Waals surface area contributed by atoms with Crippen LogP contribution in [0.15, 0.2) is 24.3 Å². The van der Waals surface area contributed by atoms with Gasteiger partial charge < -0.3 is 16.2 Å². The molecule has 1 amide bonds. The van der Waals surface area contributed by atoms with Gasteiger partial charge in [0.25, 0.3) is 5.91 Å².